The maximum absolute atomic E-state index is 11.9. The molecule has 0 amide bonds. The number of aliphatic hydroxyl groups is 1. The smallest absolute Gasteiger partial charge is 0.306 e. The number of aliphatic carboxylic acids is 1. The van der Waals surface area contributed by atoms with Gasteiger partial charge in [0.05, 0.1) is 25.0 Å². The van der Waals surface area contributed by atoms with Gasteiger partial charge in [-0.15, -0.1) is 0 Å². The first kappa shape index (κ1) is 23.4. The molecule has 156 valence electrons. The Kier molecular flexibility index (Phi) is 11.7. The molecule has 3 atom stereocenters. The van der Waals surface area contributed by atoms with Crippen molar-refractivity contribution < 1.29 is 34.1 Å². The van der Waals surface area contributed by atoms with E-state index in [0.717, 1.165) is 51.4 Å². The second-order valence-corrected chi connectivity index (χ2v) is 7.38. The third kappa shape index (κ3) is 11.6. The van der Waals surface area contributed by atoms with E-state index in [0.29, 0.717) is 6.42 Å². The monoisotopic (exact) mass is 386 g/mol. The third-order valence-electron chi connectivity index (χ3n) is 4.83. The largest absolute Gasteiger partial charge is 0.481 e. The molecule has 0 aliphatic carbocycles. The highest BCUT2D eigenvalue weighted by Crippen LogP contribution is 2.19. The minimum absolute atomic E-state index is 0.0642. The molecule has 0 bridgehead atoms. The van der Waals surface area contributed by atoms with Crippen LogP contribution in [0.25, 0.3) is 0 Å². The van der Waals surface area contributed by atoms with Crippen LogP contribution in [0.5, 0.6) is 0 Å². The van der Waals surface area contributed by atoms with Gasteiger partial charge >= 0.3 is 17.9 Å². The number of aliphatic hydroxyl groups excluding tert-OH is 1. The van der Waals surface area contributed by atoms with Crippen molar-refractivity contribution in [3.05, 3.63) is 0 Å². The molecule has 7 heteroatoms. The van der Waals surface area contributed by atoms with E-state index in [1.165, 1.54) is 0 Å². The zero-order valence-corrected chi connectivity index (χ0v) is 16.4. The summed E-state index contributed by atoms with van der Waals surface area (Å²) >= 11 is 0. The summed E-state index contributed by atoms with van der Waals surface area (Å²) in [6, 6.07) is 0. The van der Waals surface area contributed by atoms with Gasteiger partial charge in [-0.3, -0.25) is 14.4 Å². The predicted molar refractivity (Wildman–Crippen MR) is 99.1 cm³/mol. The number of hydrogen-bond acceptors (Lipinski definition) is 6. The second-order valence-electron chi connectivity index (χ2n) is 7.38. The zero-order valence-electron chi connectivity index (χ0n) is 16.4. The van der Waals surface area contributed by atoms with Crippen molar-refractivity contribution in [3.63, 3.8) is 0 Å². The average Bonchev–Trinajstić information content (AvgIpc) is 2.61. The van der Waals surface area contributed by atoms with Crippen LogP contribution in [0.15, 0.2) is 0 Å². The maximum atomic E-state index is 11.9. The average molecular weight is 386 g/mol. The molecule has 1 fully saturated rings. The Labute approximate surface area is 161 Å². The lowest BCUT2D eigenvalue weighted by atomic mass is 10.00. The topological polar surface area (TPSA) is 110 Å². The molecule has 7 nitrogen and oxygen atoms in total. The lowest BCUT2D eigenvalue weighted by molar-refractivity contribution is -0.158. The van der Waals surface area contributed by atoms with Crippen LogP contribution < -0.4 is 0 Å². The lowest BCUT2D eigenvalue weighted by Gasteiger charge is -2.23. The van der Waals surface area contributed by atoms with Crippen LogP contribution in [0.1, 0.15) is 90.4 Å². The summed E-state index contributed by atoms with van der Waals surface area (Å²) in [6.45, 7) is 1.88. The van der Waals surface area contributed by atoms with E-state index in [1.807, 2.05) is 6.92 Å². The molecule has 1 aliphatic rings. The standard InChI is InChI=1S/C20H34O7/c1-15-9-7-5-3-2-4-6-8-10-17(16(21)11-13-19(24)26-15)27-20(25)14-12-18(22)23/h15-17,21H,2-14H2,1H3,(H,22,23)/t15-,16-,17+/m1/s1. The van der Waals surface area contributed by atoms with Crippen molar-refractivity contribution in [3.8, 4) is 0 Å². The first-order valence-corrected chi connectivity index (χ1v) is 10.2. The SMILES string of the molecule is C[C@@H]1CCCCCCCCC[C@H](OC(=O)CCC(=O)O)[C@H](O)CCC(=O)O1. The molecule has 0 saturated carbocycles. The highest BCUT2D eigenvalue weighted by molar-refractivity contribution is 5.76. The van der Waals surface area contributed by atoms with Gasteiger partial charge in [-0.2, -0.15) is 0 Å². The molecule has 0 aromatic heterocycles. The first-order chi connectivity index (χ1) is 12.9. The number of hydrogen-bond donors (Lipinski definition) is 2. The predicted octanol–water partition coefficient (Wildman–Crippen LogP) is 3.36. The van der Waals surface area contributed by atoms with E-state index < -0.39 is 24.1 Å². The van der Waals surface area contributed by atoms with E-state index >= 15 is 0 Å². The molecule has 1 heterocycles. The Morgan fingerprint density at radius 1 is 1.00 bits per heavy atom. The second kappa shape index (κ2) is 13.5. The Balaban J connectivity index is 2.60. The first-order valence-electron chi connectivity index (χ1n) is 10.2. The van der Waals surface area contributed by atoms with Crippen LogP contribution in [0.4, 0.5) is 0 Å². The summed E-state index contributed by atoms with van der Waals surface area (Å²) in [4.78, 5) is 34.4. The van der Waals surface area contributed by atoms with E-state index in [4.69, 9.17) is 14.6 Å². The number of carboxylic acids is 1. The molecule has 0 spiro atoms. The van der Waals surface area contributed by atoms with Gasteiger partial charge in [0.2, 0.25) is 0 Å². The van der Waals surface area contributed by atoms with Gasteiger partial charge < -0.3 is 19.7 Å². The summed E-state index contributed by atoms with van der Waals surface area (Å²) < 4.78 is 10.7. The number of carbonyl (C=O) groups is 3. The fourth-order valence-electron chi connectivity index (χ4n) is 3.22. The fraction of sp³-hybridized carbons (Fsp3) is 0.850. The highest BCUT2D eigenvalue weighted by Gasteiger charge is 2.24. The molecule has 1 aliphatic heterocycles. The zero-order chi connectivity index (χ0) is 20.1. The molecule has 0 unspecified atom stereocenters. The van der Waals surface area contributed by atoms with Crippen LogP contribution in [0, 0.1) is 0 Å². The lowest BCUT2D eigenvalue weighted by Crippen LogP contribution is -2.32. The molecular formula is C20H34O7. The van der Waals surface area contributed by atoms with Gasteiger partial charge in [0.1, 0.15) is 6.10 Å². The third-order valence-corrected chi connectivity index (χ3v) is 4.83. The van der Waals surface area contributed by atoms with Crippen molar-refractivity contribution in [1.29, 1.82) is 0 Å². The van der Waals surface area contributed by atoms with Gasteiger partial charge in [0, 0.05) is 6.42 Å². The summed E-state index contributed by atoms with van der Waals surface area (Å²) in [5.41, 5.74) is 0. The minimum atomic E-state index is -1.07. The number of carbonyl (C=O) groups excluding carboxylic acids is 2. The molecule has 1 saturated heterocycles. The quantitative estimate of drug-likeness (QED) is 0.713. The molecule has 1 rings (SSSR count). The number of ether oxygens (including phenoxy) is 2. The van der Waals surface area contributed by atoms with Gasteiger partial charge in [-0.1, -0.05) is 32.1 Å². The number of esters is 2. The van der Waals surface area contributed by atoms with Gasteiger partial charge in [-0.25, -0.2) is 0 Å². The summed E-state index contributed by atoms with van der Waals surface area (Å²) in [6.07, 6.45) is 6.60. The molecule has 27 heavy (non-hydrogen) atoms. The van der Waals surface area contributed by atoms with Crippen LogP contribution >= 0.6 is 0 Å². The molecule has 0 radical (unpaired) electrons. The highest BCUT2D eigenvalue weighted by atomic mass is 16.6. The van der Waals surface area contributed by atoms with Gasteiger partial charge in [0.25, 0.3) is 0 Å². The summed E-state index contributed by atoms with van der Waals surface area (Å²) in [5.74, 6) is -2.06. The van der Waals surface area contributed by atoms with Crippen molar-refractivity contribution in [2.24, 2.45) is 0 Å². The van der Waals surface area contributed by atoms with Crippen LogP contribution in [-0.4, -0.2) is 46.4 Å². The Morgan fingerprint density at radius 2 is 1.59 bits per heavy atom. The summed E-state index contributed by atoms with van der Waals surface area (Å²) in [7, 11) is 0. The Morgan fingerprint density at radius 3 is 2.22 bits per heavy atom. The van der Waals surface area contributed by atoms with Gasteiger partial charge in [-0.05, 0) is 39.0 Å². The summed E-state index contributed by atoms with van der Waals surface area (Å²) in [5, 5.41) is 19.1. The van der Waals surface area contributed by atoms with Crippen molar-refractivity contribution >= 4 is 17.9 Å². The maximum Gasteiger partial charge on any atom is 0.306 e. The molecular weight excluding hydrogens is 352 g/mol. The van der Waals surface area contributed by atoms with E-state index in [1.54, 1.807) is 0 Å². The molecule has 0 aromatic rings. The normalized spacial score (nSPS) is 26.7. The Hall–Kier alpha value is -1.63. The van der Waals surface area contributed by atoms with Crippen LogP contribution in [0.3, 0.4) is 0 Å². The molecule has 0 aromatic carbocycles. The van der Waals surface area contributed by atoms with Crippen molar-refractivity contribution in [1.82, 2.24) is 0 Å². The minimum Gasteiger partial charge on any atom is -0.481 e. The van der Waals surface area contributed by atoms with Crippen LogP contribution in [-0.2, 0) is 23.9 Å². The van der Waals surface area contributed by atoms with Crippen LogP contribution in [0.2, 0.25) is 0 Å². The number of cyclic esters (lactones) is 1. The molecule has 2 N–H and O–H groups in total. The van der Waals surface area contributed by atoms with E-state index in [2.05, 4.69) is 0 Å². The Bertz CT molecular complexity index is 463. The van der Waals surface area contributed by atoms with E-state index in [9.17, 15) is 19.5 Å². The van der Waals surface area contributed by atoms with E-state index in [-0.39, 0.29) is 37.8 Å². The van der Waals surface area contributed by atoms with Crippen molar-refractivity contribution in [2.45, 2.75) is 109 Å². The fourth-order valence-corrected chi connectivity index (χ4v) is 3.22. The van der Waals surface area contributed by atoms with Crippen molar-refractivity contribution in [2.75, 3.05) is 0 Å². The number of carboxylic acid groups (broad SMARTS) is 1. The van der Waals surface area contributed by atoms with Gasteiger partial charge in [0.15, 0.2) is 0 Å². The number of rotatable bonds is 4.